The summed E-state index contributed by atoms with van der Waals surface area (Å²) in [5.41, 5.74) is -0.799. The summed E-state index contributed by atoms with van der Waals surface area (Å²) < 4.78 is 0. The van der Waals surface area contributed by atoms with Crippen molar-refractivity contribution in [1.82, 2.24) is 10.2 Å². The molecule has 2 aliphatic carbocycles. The molecule has 4 heteroatoms. The molecule has 2 saturated carbocycles. The molecule has 2 rings (SSSR count). The first-order chi connectivity index (χ1) is 8.05. The van der Waals surface area contributed by atoms with Crippen LogP contribution in [0.2, 0.25) is 0 Å². The Morgan fingerprint density at radius 1 is 1.41 bits per heavy atom. The van der Waals surface area contributed by atoms with Gasteiger partial charge in [-0.1, -0.05) is 6.92 Å². The van der Waals surface area contributed by atoms with Crippen molar-refractivity contribution in [3.63, 3.8) is 0 Å². The second-order valence-corrected chi connectivity index (χ2v) is 5.77. The summed E-state index contributed by atoms with van der Waals surface area (Å²) in [5, 5.41) is 12.5. The third-order valence-electron chi connectivity index (χ3n) is 3.81. The van der Waals surface area contributed by atoms with Crippen molar-refractivity contribution in [1.29, 1.82) is 0 Å². The van der Waals surface area contributed by atoms with Gasteiger partial charge in [0.2, 0.25) is 0 Å². The maximum absolute atomic E-state index is 11.4. The standard InChI is InChI=1S/C13H24N2O2/c1-3-14-13(2,12(16)17)9-15(11-6-7-11)8-10-4-5-10/h10-11,14H,3-9H2,1-2H3,(H,16,17). The molecule has 2 fully saturated rings. The molecule has 0 radical (unpaired) electrons. The Hall–Kier alpha value is -0.610. The van der Waals surface area contributed by atoms with E-state index in [1.165, 1.54) is 25.7 Å². The van der Waals surface area contributed by atoms with Crippen LogP contribution >= 0.6 is 0 Å². The van der Waals surface area contributed by atoms with Gasteiger partial charge in [0, 0.05) is 19.1 Å². The number of carboxylic acid groups (broad SMARTS) is 1. The summed E-state index contributed by atoms with van der Waals surface area (Å²) in [5.74, 6) is 0.0936. The number of nitrogens with one attached hydrogen (secondary N) is 1. The highest BCUT2D eigenvalue weighted by Crippen LogP contribution is 2.35. The molecule has 4 nitrogen and oxygen atoms in total. The first-order valence-electron chi connectivity index (χ1n) is 6.77. The van der Waals surface area contributed by atoms with Crippen LogP contribution < -0.4 is 5.32 Å². The molecular formula is C13H24N2O2. The van der Waals surface area contributed by atoms with E-state index >= 15 is 0 Å². The van der Waals surface area contributed by atoms with Crippen molar-refractivity contribution in [3.8, 4) is 0 Å². The van der Waals surface area contributed by atoms with E-state index in [-0.39, 0.29) is 0 Å². The van der Waals surface area contributed by atoms with Gasteiger partial charge in [-0.25, -0.2) is 0 Å². The second-order valence-electron chi connectivity index (χ2n) is 5.77. The van der Waals surface area contributed by atoms with Crippen molar-refractivity contribution in [2.45, 2.75) is 51.1 Å². The lowest BCUT2D eigenvalue weighted by Gasteiger charge is -2.33. The van der Waals surface area contributed by atoms with Crippen molar-refractivity contribution in [2.24, 2.45) is 5.92 Å². The molecule has 0 spiro atoms. The highest BCUT2D eigenvalue weighted by Gasteiger charge is 2.40. The topological polar surface area (TPSA) is 52.6 Å². The number of likely N-dealkylation sites (N-methyl/N-ethyl adjacent to an activating group) is 1. The minimum Gasteiger partial charge on any atom is -0.480 e. The lowest BCUT2D eigenvalue weighted by atomic mass is 10.0. The fourth-order valence-corrected chi connectivity index (χ4v) is 2.41. The van der Waals surface area contributed by atoms with Gasteiger partial charge in [-0.2, -0.15) is 0 Å². The number of nitrogens with zero attached hydrogens (tertiary/aromatic N) is 1. The highest BCUT2D eigenvalue weighted by atomic mass is 16.4. The van der Waals surface area contributed by atoms with Crippen LogP contribution in [0.15, 0.2) is 0 Å². The molecule has 0 amide bonds. The minimum absolute atomic E-state index is 0.636. The van der Waals surface area contributed by atoms with E-state index < -0.39 is 11.5 Å². The van der Waals surface area contributed by atoms with E-state index in [1.807, 2.05) is 6.92 Å². The average molecular weight is 240 g/mol. The number of aliphatic carboxylic acids is 1. The SMILES string of the molecule is CCNC(C)(CN(CC1CC1)C1CC1)C(=O)O. The Balaban J connectivity index is 1.95. The van der Waals surface area contributed by atoms with Crippen molar-refractivity contribution >= 4 is 5.97 Å². The fourth-order valence-electron chi connectivity index (χ4n) is 2.41. The molecule has 1 atom stereocenters. The third kappa shape index (κ3) is 3.42. The summed E-state index contributed by atoms with van der Waals surface area (Å²) in [6.07, 6.45) is 5.14. The van der Waals surface area contributed by atoms with Gasteiger partial charge in [0.05, 0.1) is 0 Å². The monoisotopic (exact) mass is 240 g/mol. The molecule has 0 bridgehead atoms. The highest BCUT2D eigenvalue weighted by molar-refractivity contribution is 5.78. The molecule has 2 aliphatic rings. The molecule has 0 aliphatic heterocycles. The number of hydrogen-bond donors (Lipinski definition) is 2. The van der Waals surface area contributed by atoms with Crippen LogP contribution in [0.1, 0.15) is 39.5 Å². The number of carboxylic acids is 1. The summed E-state index contributed by atoms with van der Waals surface area (Å²) in [6, 6.07) is 0.646. The van der Waals surface area contributed by atoms with Gasteiger partial charge in [-0.15, -0.1) is 0 Å². The summed E-state index contributed by atoms with van der Waals surface area (Å²) in [7, 11) is 0. The molecule has 0 heterocycles. The van der Waals surface area contributed by atoms with E-state index in [9.17, 15) is 9.90 Å². The average Bonchev–Trinajstić information content (AvgIpc) is 3.12. The first-order valence-corrected chi connectivity index (χ1v) is 6.77. The maximum Gasteiger partial charge on any atom is 0.324 e. The van der Waals surface area contributed by atoms with E-state index in [4.69, 9.17) is 0 Å². The van der Waals surface area contributed by atoms with Gasteiger partial charge in [-0.05, 0) is 45.1 Å². The molecular weight excluding hydrogens is 216 g/mol. The number of carbonyl (C=O) groups is 1. The van der Waals surface area contributed by atoms with Gasteiger partial charge in [-0.3, -0.25) is 9.69 Å². The molecule has 98 valence electrons. The summed E-state index contributed by atoms with van der Waals surface area (Å²) in [4.78, 5) is 13.8. The van der Waals surface area contributed by atoms with Crippen LogP contribution in [0.3, 0.4) is 0 Å². The van der Waals surface area contributed by atoms with E-state index in [1.54, 1.807) is 6.92 Å². The van der Waals surface area contributed by atoms with Crippen LogP contribution in [0, 0.1) is 5.92 Å². The third-order valence-corrected chi connectivity index (χ3v) is 3.81. The Morgan fingerprint density at radius 3 is 2.47 bits per heavy atom. The van der Waals surface area contributed by atoms with Crippen molar-refractivity contribution in [2.75, 3.05) is 19.6 Å². The lowest BCUT2D eigenvalue weighted by Crippen LogP contribution is -2.57. The van der Waals surface area contributed by atoms with Gasteiger partial charge in [0.25, 0.3) is 0 Å². The Bertz CT molecular complexity index is 287. The minimum atomic E-state index is -0.799. The summed E-state index contributed by atoms with van der Waals surface area (Å²) in [6.45, 7) is 6.20. The van der Waals surface area contributed by atoms with Gasteiger partial charge < -0.3 is 10.4 Å². The normalized spacial score (nSPS) is 23.7. The smallest absolute Gasteiger partial charge is 0.324 e. The summed E-state index contributed by atoms with van der Waals surface area (Å²) >= 11 is 0. The largest absolute Gasteiger partial charge is 0.480 e. The van der Waals surface area contributed by atoms with Gasteiger partial charge >= 0.3 is 5.97 Å². The van der Waals surface area contributed by atoms with Crippen LogP contribution in [-0.4, -0.2) is 47.2 Å². The van der Waals surface area contributed by atoms with E-state index in [2.05, 4.69) is 10.2 Å². The Kier molecular flexibility index (Phi) is 3.73. The molecule has 0 saturated heterocycles. The molecule has 0 aromatic carbocycles. The van der Waals surface area contributed by atoms with Gasteiger partial charge in [0.15, 0.2) is 0 Å². The molecule has 17 heavy (non-hydrogen) atoms. The van der Waals surface area contributed by atoms with E-state index in [0.717, 1.165) is 12.5 Å². The lowest BCUT2D eigenvalue weighted by molar-refractivity contribution is -0.145. The van der Waals surface area contributed by atoms with Crippen molar-refractivity contribution < 1.29 is 9.90 Å². The zero-order chi connectivity index (χ0) is 12.5. The Morgan fingerprint density at radius 2 is 2.06 bits per heavy atom. The molecule has 2 N–H and O–H groups in total. The second kappa shape index (κ2) is 4.94. The maximum atomic E-state index is 11.4. The predicted molar refractivity (Wildman–Crippen MR) is 67.0 cm³/mol. The first kappa shape index (κ1) is 12.8. The quantitative estimate of drug-likeness (QED) is 0.672. The Labute approximate surface area is 103 Å². The van der Waals surface area contributed by atoms with Gasteiger partial charge in [0.1, 0.15) is 5.54 Å². The van der Waals surface area contributed by atoms with Crippen LogP contribution in [-0.2, 0) is 4.79 Å². The number of rotatable bonds is 8. The fraction of sp³-hybridized carbons (Fsp3) is 0.923. The van der Waals surface area contributed by atoms with Crippen LogP contribution in [0.4, 0.5) is 0 Å². The zero-order valence-electron chi connectivity index (χ0n) is 10.9. The van der Waals surface area contributed by atoms with E-state index in [0.29, 0.717) is 19.1 Å². The van der Waals surface area contributed by atoms with Crippen molar-refractivity contribution in [3.05, 3.63) is 0 Å². The zero-order valence-corrected chi connectivity index (χ0v) is 10.9. The molecule has 1 unspecified atom stereocenters. The van der Waals surface area contributed by atoms with Crippen LogP contribution in [0.25, 0.3) is 0 Å². The predicted octanol–water partition coefficient (Wildman–Crippen LogP) is 1.31. The van der Waals surface area contributed by atoms with Crippen LogP contribution in [0.5, 0.6) is 0 Å². The molecule has 0 aromatic rings. The number of hydrogen-bond acceptors (Lipinski definition) is 3. The molecule has 0 aromatic heterocycles.